The van der Waals surface area contributed by atoms with Gasteiger partial charge in [0.25, 0.3) is 0 Å². The van der Waals surface area contributed by atoms with Crippen LogP contribution in [0.5, 0.6) is 0 Å². The molecule has 0 N–H and O–H groups in total. The van der Waals surface area contributed by atoms with Crippen LogP contribution in [-0.2, 0) is 16.1 Å². The van der Waals surface area contributed by atoms with E-state index in [1.807, 2.05) is 0 Å². The average Bonchev–Trinajstić information content (AvgIpc) is 3.99. The maximum atomic E-state index is 9.55. The van der Waals surface area contributed by atoms with Gasteiger partial charge >= 0.3 is 386 Å². The summed E-state index contributed by atoms with van der Waals surface area (Å²) < 4.78 is 0.994. The summed E-state index contributed by atoms with van der Waals surface area (Å²) in [5, 5.41) is 2.96. The Balaban J connectivity index is 1.40. The van der Waals surface area contributed by atoms with Crippen molar-refractivity contribution >= 4 is 52.5 Å². The Labute approximate surface area is 383 Å². The monoisotopic (exact) mass is 1040 g/mol. The van der Waals surface area contributed by atoms with E-state index in [2.05, 4.69) is 209 Å². The molecule has 3 aliphatic rings. The van der Waals surface area contributed by atoms with Crippen molar-refractivity contribution in [1.82, 2.24) is 0 Å². The van der Waals surface area contributed by atoms with Gasteiger partial charge < -0.3 is 0 Å². The molecule has 4 heteroatoms. The van der Waals surface area contributed by atoms with Crippen LogP contribution in [0.1, 0.15) is 135 Å². The Morgan fingerprint density at radius 3 is 1.37 bits per heavy atom. The van der Waals surface area contributed by atoms with E-state index in [0.717, 1.165) is 12.8 Å². The van der Waals surface area contributed by atoms with Crippen LogP contribution in [0.3, 0.4) is 0 Å². The first-order valence-electron chi connectivity index (χ1n) is 23.1. The van der Waals surface area contributed by atoms with Crippen LogP contribution in [0.4, 0.5) is 0 Å². The van der Waals surface area contributed by atoms with Crippen molar-refractivity contribution in [2.45, 2.75) is 101 Å². The molecule has 4 atom stereocenters. The summed E-state index contributed by atoms with van der Waals surface area (Å²) in [4.78, 5) is 0. The van der Waals surface area contributed by atoms with Gasteiger partial charge in [-0.3, -0.25) is 0 Å². The summed E-state index contributed by atoms with van der Waals surface area (Å²) in [5.41, 5.74) is 18.3. The molecule has 1 heterocycles. The molecule has 1 aliphatic heterocycles. The SMILES string of the molecule is CCC(C)c1ccccc1-c1cccc2c1C=C(C(C)(C)C)[CH]2[Hf]([Cl])([Cl])([c]1cccc2c1[SiH2]c1ccccc1-2)[CH]1C(C(C)(C)C)=Cc2c(-c3ccccc3C(C)CC)cccc21. The second-order valence-corrected chi connectivity index (χ2v) is 51.9. The van der Waals surface area contributed by atoms with Gasteiger partial charge in [0.1, 0.15) is 0 Å². The molecular formula is C58H63Cl2HfSi. The van der Waals surface area contributed by atoms with Gasteiger partial charge in [0, 0.05) is 0 Å². The van der Waals surface area contributed by atoms with Gasteiger partial charge in [-0.25, -0.2) is 0 Å². The van der Waals surface area contributed by atoms with Gasteiger partial charge in [0.05, 0.1) is 0 Å². The third-order valence-electron chi connectivity index (χ3n) is 15.1. The molecule has 4 unspecified atom stereocenters. The summed E-state index contributed by atoms with van der Waals surface area (Å²) in [6.07, 6.45) is 7.27. The normalized spacial score (nSPS) is 18.9. The molecule has 2 aliphatic carbocycles. The molecule has 0 aromatic heterocycles. The molecule has 0 amide bonds. The molecule has 0 bridgehead atoms. The number of hydrogen-bond acceptors (Lipinski definition) is 0. The van der Waals surface area contributed by atoms with Crippen molar-refractivity contribution in [2.75, 3.05) is 0 Å². The second kappa shape index (κ2) is 15.9. The summed E-state index contributed by atoms with van der Waals surface area (Å²) in [5.74, 6) is 0.869. The molecule has 0 fully saturated rings. The van der Waals surface area contributed by atoms with Crippen LogP contribution in [0.2, 0.25) is 0 Å². The number of hydrogen-bond donors (Lipinski definition) is 0. The zero-order chi connectivity index (χ0) is 44.0. The van der Waals surface area contributed by atoms with Crippen molar-refractivity contribution < 1.29 is 16.1 Å². The van der Waals surface area contributed by atoms with Gasteiger partial charge in [0.15, 0.2) is 0 Å². The van der Waals surface area contributed by atoms with E-state index < -0.39 is 25.7 Å². The molecule has 62 heavy (non-hydrogen) atoms. The van der Waals surface area contributed by atoms with E-state index in [0.29, 0.717) is 11.8 Å². The van der Waals surface area contributed by atoms with E-state index >= 15 is 0 Å². The minimum atomic E-state index is -5.99. The van der Waals surface area contributed by atoms with Crippen molar-refractivity contribution in [1.29, 1.82) is 0 Å². The third kappa shape index (κ3) is 6.83. The number of rotatable bonds is 9. The predicted octanol–water partition coefficient (Wildman–Crippen LogP) is 15.1. The Bertz CT molecular complexity index is 2670. The first-order valence-corrected chi connectivity index (χ1v) is 39.4. The molecule has 0 saturated carbocycles. The first-order chi connectivity index (χ1) is 29.5. The van der Waals surface area contributed by atoms with Crippen LogP contribution in [0.15, 0.2) is 139 Å². The van der Waals surface area contributed by atoms with Gasteiger partial charge in [-0.05, 0) is 0 Å². The minimum absolute atomic E-state index is 0.150. The van der Waals surface area contributed by atoms with Gasteiger partial charge in [0.2, 0.25) is 0 Å². The Hall–Kier alpha value is -3.53. The summed E-state index contributed by atoms with van der Waals surface area (Å²) >= 11 is -5.99. The fourth-order valence-corrected chi connectivity index (χ4v) is 51.2. The van der Waals surface area contributed by atoms with Crippen LogP contribution in [0.25, 0.3) is 45.5 Å². The fraction of sp³-hybridized carbons (Fsp3) is 0.310. The number of fused-ring (bicyclic) bond motifs is 5. The Kier molecular flexibility index (Phi) is 11.2. The standard InChI is InChI=1S/2C23H27.C12H9Si.2ClH.Hf/c2*1-6-16(2)19-11-7-8-12-20(19)21-13-9-10-17-14-18(15-22(17)21)23(3,4)5;1-3-7-11-9(5-1)10-6-2-4-8-12(10)13-11;;;/h2*7-16H,6H2,1-5H3;1-7H,13H2;2*1H;/q;;;;;+2/p-2. The molecular weight excluding hydrogens is 974 g/mol. The molecule has 0 spiro atoms. The van der Waals surface area contributed by atoms with E-state index in [1.54, 1.807) is 0 Å². The predicted molar refractivity (Wildman–Crippen MR) is 273 cm³/mol. The zero-order valence-electron chi connectivity index (χ0n) is 38.5. The molecule has 6 aromatic rings. The van der Waals surface area contributed by atoms with Crippen LogP contribution >= 0.6 is 17.2 Å². The van der Waals surface area contributed by atoms with E-state index in [9.17, 15) is 17.2 Å². The number of allylic oxidation sites excluding steroid dienone is 2. The number of halogens is 2. The average molecular weight is 1040 g/mol. The zero-order valence-corrected chi connectivity index (χ0v) is 45.0. The van der Waals surface area contributed by atoms with Crippen molar-refractivity contribution in [3.8, 4) is 33.4 Å². The number of benzene rings is 6. The Morgan fingerprint density at radius 1 is 0.500 bits per heavy atom. The van der Waals surface area contributed by atoms with E-state index in [4.69, 9.17) is 0 Å². The fourth-order valence-electron chi connectivity index (χ4n) is 11.6. The van der Waals surface area contributed by atoms with Crippen LogP contribution < -0.4 is 13.7 Å². The molecule has 317 valence electrons. The summed E-state index contributed by atoms with van der Waals surface area (Å²) in [6, 6.07) is 48.4. The second-order valence-electron chi connectivity index (χ2n) is 20.8. The van der Waals surface area contributed by atoms with Crippen molar-refractivity contribution in [3.63, 3.8) is 0 Å². The van der Waals surface area contributed by atoms with E-state index in [-0.39, 0.29) is 18.2 Å². The van der Waals surface area contributed by atoms with E-state index in [1.165, 1.54) is 91.6 Å². The van der Waals surface area contributed by atoms with Crippen molar-refractivity contribution in [2.24, 2.45) is 10.8 Å². The van der Waals surface area contributed by atoms with Gasteiger partial charge in [-0.2, -0.15) is 0 Å². The summed E-state index contributed by atoms with van der Waals surface area (Å²) in [6.45, 7) is 23.7. The molecule has 0 nitrogen and oxygen atoms in total. The molecule has 0 saturated heterocycles. The maximum absolute atomic E-state index is 9.55. The quantitative estimate of drug-likeness (QED) is 0.126. The van der Waals surface area contributed by atoms with Crippen molar-refractivity contribution in [3.05, 3.63) is 172 Å². The molecule has 6 aromatic carbocycles. The Morgan fingerprint density at radius 2 is 0.903 bits per heavy atom. The molecule has 9 rings (SSSR count). The van der Waals surface area contributed by atoms with Crippen LogP contribution in [0, 0.1) is 10.8 Å². The summed E-state index contributed by atoms with van der Waals surface area (Å²) in [7, 11) is 18.2. The van der Waals surface area contributed by atoms with Gasteiger partial charge in [-0.1, -0.05) is 0 Å². The topological polar surface area (TPSA) is 0 Å². The first kappa shape index (κ1) is 43.7. The van der Waals surface area contributed by atoms with Gasteiger partial charge in [-0.15, -0.1) is 0 Å². The molecule has 0 radical (unpaired) electrons. The van der Waals surface area contributed by atoms with Crippen LogP contribution in [-0.4, -0.2) is 9.52 Å². The third-order valence-corrected chi connectivity index (χ3v) is 46.4.